The summed E-state index contributed by atoms with van der Waals surface area (Å²) in [7, 11) is -3.23. The molecule has 24 heavy (non-hydrogen) atoms. The van der Waals surface area contributed by atoms with Gasteiger partial charge in [-0.25, -0.2) is 13.4 Å². The maximum Gasteiger partial charge on any atom is 0.224 e. The molecule has 0 fully saturated rings. The zero-order chi connectivity index (χ0) is 17.2. The van der Waals surface area contributed by atoms with Gasteiger partial charge in [-0.15, -0.1) is 0 Å². The number of aromatic nitrogens is 1. The average molecular weight is 344 g/mol. The van der Waals surface area contributed by atoms with E-state index in [2.05, 4.69) is 10.3 Å². The maximum atomic E-state index is 12.0. The molecule has 2 aromatic carbocycles. The number of benzene rings is 2. The highest BCUT2D eigenvalue weighted by atomic mass is 32.2. The van der Waals surface area contributed by atoms with Crippen LogP contribution in [-0.4, -0.2) is 25.6 Å². The molecule has 0 unspecified atom stereocenters. The lowest BCUT2D eigenvalue weighted by Crippen LogP contribution is -2.24. The number of carbonyl (C=O) groups is 1. The standard InChI is InChI=1S/C17H16N2O4S/c1-24(21,22)13-8-6-12(7-9-13)10-16(20)18-11-17-19-14-4-2-3-5-15(14)23-17/h2-9H,10-11H2,1H3,(H,18,20). The minimum Gasteiger partial charge on any atom is -0.439 e. The van der Waals surface area contributed by atoms with Crippen molar-refractivity contribution < 1.29 is 17.6 Å². The summed E-state index contributed by atoms with van der Waals surface area (Å²) in [6.07, 6.45) is 1.30. The first-order valence-corrected chi connectivity index (χ1v) is 9.21. The molecular formula is C17H16N2O4S. The first-order chi connectivity index (χ1) is 11.4. The number of hydrogen-bond acceptors (Lipinski definition) is 5. The minimum absolute atomic E-state index is 0.157. The van der Waals surface area contributed by atoms with E-state index in [-0.39, 0.29) is 23.8 Å². The van der Waals surface area contributed by atoms with E-state index in [9.17, 15) is 13.2 Å². The number of oxazole rings is 1. The smallest absolute Gasteiger partial charge is 0.224 e. The lowest BCUT2D eigenvalue weighted by atomic mass is 10.1. The van der Waals surface area contributed by atoms with Crippen molar-refractivity contribution in [3.8, 4) is 0 Å². The summed E-state index contributed by atoms with van der Waals surface area (Å²) in [6.45, 7) is 0.203. The number of fused-ring (bicyclic) bond motifs is 1. The van der Waals surface area contributed by atoms with Gasteiger partial charge in [0.05, 0.1) is 17.9 Å². The third-order valence-corrected chi connectivity index (χ3v) is 4.62. The minimum atomic E-state index is -3.23. The molecule has 0 aliphatic heterocycles. The summed E-state index contributed by atoms with van der Waals surface area (Å²) in [5.41, 5.74) is 2.16. The highest BCUT2D eigenvalue weighted by molar-refractivity contribution is 7.90. The Kier molecular flexibility index (Phi) is 4.35. The van der Waals surface area contributed by atoms with E-state index in [1.807, 2.05) is 24.3 Å². The van der Waals surface area contributed by atoms with E-state index in [0.717, 1.165) is 17.3 Å². The van der Waals surface area contributed by atoms with Crippen LogP contribution in [-0.2, 0) is 27.6 Å². The Hall–Kier alpha value is -2.67. The van der Waals surface area contributed by atoms with Crippen LogP contribution in [0.4, 0.5) is 0 Å². The molecule has 0 aliphatic carbocycles. The Morgan fingerprint density at radius 3 is 2.50 bits per heavy atom. The number of sulfone groups is 1. The van der Waals surface area contributed by atoms with Crippen molar-refractivity contribution in [2.75, 3.05) is 6.26 Å². The molecule has 1 N–H and O–H groups in total. The predicted octanol–water partition coefficient (Wildman–Crippen LogP) is 2.09. The van der Waals surface area contributed by atoms with E-state index in [4.69, 9.17) is 4.42 Å². The van der Waals surface area contributed by atoms with Gasteiger partial charge in [0.1, 0.15) is 5.52 Å². The molecular weight excluding hydrogens is 328 g/mol. The number of amides is 1. The van der Waals surface area contributed by atoms with Gasteiger partial charge in [0.2, 0.25) is 11.8 Å². The summed E-state index contributed by atoms with van der Waals surface area (Å²) in [5.74, 6) is 0.251. The molecule has 1 aromatic heterocycles. The molecule has 0 saturated heterocycles. The fraction of sp³-hybridized carbons (Fsp3) is 0.176. The first-order valence-electron chi connectivity index (χ1n) is 7.32. The molecule has 6 nitrogen and oxygen atoms in total. The van der Waals surface area contributed by atoms with E-state index >= 15 is 0 Å². The van der Waals surface area contributed by atoms with Gasteiger partial charge in [-0.3, -0.25) is 4.79 Å². The molecule has 7 heteroatoms. The van der Waals surface area contributed by atoms with Gasteiger partial charge < -0.3 is 9.73 Å². The van der Waals surface area contributed by atoms with Crippen LogP contribution in [0.2, 0.25) is 0 Å². The lowest BCUT2D eigenvalue weighted by molar-refractivity contribution is -0.120. The zero-order valence-electron chi connectivity index (χ0n) is 13.0. The summed E-state index contributed by atoms with van der Waals surface area (Å²) in [4.78, 5) is 16.5. The molecule has 3 aromatic rings. The van der Waals surface area contributed by atoms with Crippen LogP contribution in [0.5, 0.6) is 0 Å². The third kappa shape index (κ3) is 3.80. The molecule has 124 valence electrons. The Bertz CT molecular complexity index is 942. The predicted molar refractivity (Wildman–Crippen MR) is 89.1 cm³/mol. The molecule has 1 heterocycles. The lowest BCUT2D eigenvalue weighted by Gasteiger charge is -2.04. The van der Waals surface area contributed by atoms with Crippen molar-refractivity contribution in [2.45, 2.75) is 17.9 Å². The first kappa shape index (κ1) is 16.2. The van der Waals surface area contributed by atoms with Gasteiger partial charge in [0, 0.05) is 6.26 Å². The fourth-order valence-corrected chi connectivity index (χ4v) is 2.90. The van der Waals surface area contributed by atoms with Crippen molar-refractivity contribution >= 4 is 26.8 Å². The van der Waals surface area contributed by atoms with Crippen molar-refractivity contribution in [1.29, 1.82) is 0 Å². The van der Waals surface area contributed by atoms with Crippen LogP contribution >= 0.6 is 0 Å². The zero-order valence-corrected chi connectivity index (χ0v) is 13.8. The molecule has 3 rings (SSSR count). The Morgan fingerprint density at radius 1 is 1.12 bits per heavy atom. The topological polar surface area (TPSA) is 89.3 Å². The molecule has 0 atom stereocenters. The second kappa shape index (κ2) is 6.45. The van der Waals surface area contributed by atoms with Gasteiger partial charge in [-0.05, 0) is 29.8 Å². The largest absolute Gasteiger partial charge is 0.439 e. The molecule has 0 bridgehead atoms. The van der Waals surface area contributed by atoms with Crippen molar-refractivity contribution in [3.05, 3.63) is 60.0 Å². The summed E-state index contributed by atoms with van der Waals surface area (Å²) >= 11 is 0. The number of para-hydroxylation sites is 2. The van der Waals surface area contributed by atoms with Crippen molar-refractivity contribution in [1.82, 2.24) is 10.3 Å². The molecule has 1 amide bonds. The second-order valence-corrected chi connectivity index (χ2v) is 7.46. The number of rotatable bonds is 5. The summed E-state index contributed by atoms with van der Waals surface area (Å²) in [5, 5.41) is 2.74. The highest BCUT2D eigenvalue weighted by Gasteiger charge is 2.10. The maximum absolute atomic E-state index is 12.0. The van der Waals surface area contributed by atoms with Gasteiger partial charge >= 0.3 is 0 Å². The van der Waals surface area contributed by atoms with Crippen molar-refractivity contribution in [2.24, 2.45) is 0 Å². The van der Waals surface area contributed by atoms with Crippen LogP contribution < -0.4 is 5.32 Å². The van der Waals surface area contributed by atoms with Crippen LogP contribution in [0.3, 0.4) is 0 Å². The van der Waals surface area contributed by atoms with E-state index in [0.29, 0.717) is 11.5 Å². The fourth-order valence-electron chi connectivity index (χ4n) is 2.27. The highest BCUT2D eigenvalue weighted by Crippen LogP contribution is 2.14. The van der Waals surface area contributed by atoms with Crippen LogP contribution in [0, 0.1) is 0 Å². The van der Waals surface area contributed by atoms with E-state index in [1.54, 1.807) is 12.1 Å². The van der Waals surface area contributed by atoms with Crippen LogP contribution in [0.25, 0.3) is 11.1 Å². The summed E-state index contributed by atoms with van der Waals surface area (Å²) in [6, 6.07) is 13.6. The average Bonchev–Trinajstić information content (AvgIpc) is 2.95. The number of nitrogens with zero attached hydrogens (tertiary/aromatic N) is 1. The Balaban J connectivity index is 1.59. The molecule has 0 radical (unpaired) electrons. The van der Waals surface area contributed by atoms with Gasteiger partial charge in [0.25, 0.3) is 0 Å². The third-order valence-electron chi connectivity index (χ3n) is 3.49. The Morgan fingerprint density at radius 2 is 1.83 bits per heavy atom. The Labute approximate surface area is 139 Å². The molecule has 0 spiro atoms. The number of hydrogen-bond donors (Lipinski definition) is 1. The van der Waals surface area contributed by atoms with E-state index in [1.165, 1.54) is 12.1 Å². The van der Waals surface area contributed by atoms with Gasteiger partial charge in [0.15, 0.2) is 15.4 Å². The van der Waals surface area contributed by atoms with Gasteiger partial charge in [-0.1, -0.05) is 24.3 Å². The van der Waals surface area contributed by atoms with Crippen molar-refractivity contribution in [3.63, 3.8) is 0 Å². The number of carbonyl (C=O) groups excluding carboxylic acids is 1. The number of nitrogens with one attached hydrogen (secondary N) is 1. The SMILES string of the molecule is CS(=O)(=O)c1ccc(CC(=O)NCc2nc3ccccc3o2)cc1. The second-order valence-electron chi connectivity index (χ2n) is 5.44. The normalized spacial score (nSPS) is 11.5. The van der Waals surface area contributed by atoms with Crippen LogP contribution in [0.1, 0.15) is 11.5 Å². The molecule has 0 saturated carbocycles. The monoisotopic (exact) mass is 344 g/mol. The van der Waals surface area contributed by atoms with Crippen LogP contribution in [0.15, 0.2) is 57.8 Å². The van der Waals surface area contributed by atoms with Gasteiger partial charge in [-0.2, -0.15) is 0 Å². The summed E-state index contributed by atoms with van der Waals surface area (Å²) < 4.78 is 28.3. The van der Waals surface area contributed by atoms with E-state index < -0.39 is 9.84 Å². The quantitative estimate of drug-likeness (QED) is 0.765. The molecule has 0 aliphatic rings.